The number of hydrogen-bond donors (Lipinski definition) is 2. The van der Waals surface area contributed by atoms with Gasteiger partial charge in [-0.15, -0.1) is 11.3 Å². The molecule has 0 radical (unpaired) electrons. The van der Waals surface area contributed by atoms with Crippen molar-refractivity contribution in [3.63, 3.8) is 0 Å². The van der Waals surface area contributed by atoms with Crippen molar-refractivity contribution < 1.29 is 14.5 Å². The molecule has 8 nitrogen and oxygen atoms in total. The molecule has 0 aliphatic rings. The summed E-state index contributed by atoms with van der Waals surface area (Å²) in [5.41, 5.74) is 2.78. The van der Waals surface area contributed by atoms with Crippen LogP contribution < -0.4 is 10.6 Å². The number of hydrogen-bond acceptors (Lipinski definition) is 7. The topological polar surface area (TPSA) is 114 Å². The molecule has 144 valence electrons. The summed E-state index contributed by atoms with van der Waals surface area (Å²) in [4.78, 5) is 38.0. The van der Waals surface area contributed by atoms with Gasteiger partial charge in [0, 0.05) is 29.3 Å². The number of anilines is 1. The van der Waals surface area contributed by atoms with Gasteiger partial charge in [-0.1, -0.05) is 35.6 Å². The van der Waals surface area contributed by atoms with E-state index in [1.54, 1.807) is 0 Å². The molecular formula is C18H16N4O4S2. The van der Waals surface area contributed by atoms with Gasteiger partial charge in [-0.3, -0.25) is 25.0 Å². The predicted octanol–water partition coefficient (Wildman–Crippen LogP) is 4.23. The number of nitrogens with zero attached hydrogens (tertiary/aromatic N) is 2. The van der Waals surface area contributed by atoms with Crippen LogP contribution in [0.15, 0.2) is 41.1 Å². The smallest absolute Gasteiger partial charge is 0.324 e. The molecule has 0 fully saturated rings. The Bertz CT molecular complexity index is 1030. The lowest BCUT2D eigenvalue weighted by Gasteiger charge is -2.12. The molecule has 0 unspecified atom stereocenters. The first kappa shape index (κ1) is 19.6. The van der Waals surface area contributed by atoms with E-state index in [1.165, 1.54) is 29.7 Å². The molecule has 10 heteroatoms. The van der Waals surface area contributed by atoms with E-state index in [1.807, 2.05) is 36.6 Å². The molecule has 3 aromatic rings. The van der Waals surface area contributed by atoms with Crippen molar-refractivity contribution in [3.8, 4) is 11.3 Å². The Morgan fingerprint density at radius 1 is 1.18 bits per heavy atom. The second-order valence-electron chi connectivity index (χ2n) is 5.97. The maximum absolute atomic E-state index is 12.2. The fourth-order valence-electron chi connectivity index (χ4n) is 2.50. The highest BCUT2D eigenvalue weighted by Crippen LogP contribution is 2.28. The molecule has 2 amide bonds. The lowest BCUT2D eigenvalue weighted by atomic mass is 10.1. The van der Waals surface area contributed by atoms with Crippen LogP contribution in [0.4, 0.5) is 10.1 Å². The molecule has 0 spiro atoms. The van der Waals surface area contributed by atoms with Crippen LogP contribution in [0.3, 0.4) is 0 Å². The number of benzene rings is 1. The normalized spacial score (nSPS) is 11.6. The van der Waals surface area contributed by atoms with E-state index < -0.39 is 10.8 Å². The van der Waals surface area contributed by atoms with Crippen LogP contribution in [0.5, 0.6) is 0 Å². The van der Waals surface area contributed by atoms with Gasteiger partial charge in [0.25, 0.3) is 5.91 Å². The van der Waals surface area contributed by atoms with E-state index in [0.717, 1.165) is 22.5 Å². The highest BCUT2D eigenvalue weighted by molar-refractivity contribution is 7.14. The molecule has 0 bridgehead atoms. The molecule has 3 rings (SSSR count). The van der Waals surface area contributed by atoms with Crippen molar-refractivity contribution in [1.82, 2.24) is 10.3 Å². The molecule has 2 N–H and O–H groups in total. The van der Waals surface area contributed by atoms with Gasteiger partial charge in [0.2, 0.25) is 5.91 Å². The van der Waals surface area contributed by atoms with Crippen LogP contribution in [0, 0.1) is 10.1 Å². The first-order valence-corrected chi connectivity index (χ1v) is 9.96. The number of rotatable bonds is 6. The minimum absolute atomic E-state index is 0.0847. The first-order valence-electron chi connectivity index (χ1n) is 8.20. The summed E-state index contributed by atoms with van der Waals surface area (Å²) in [7, 11) is 0. The van der Waals surface area contributed by atoms with Crippen LogP contribution in [0.1, 0.15) is 35.8 Å². The van der Waals surface area contributed by atoms with Crippen LogP contribution in [-0.4, -0.2) is 21.7 Å². The number of amides is 2. The van der Waals surface area contributed by atoms with E-state index in [9.17, 15) is 19.7 Å². The summed E-state index contributed by atoms with van der Waals surface area (Å²) < 4.78 is 0. The van der Waals surface area contributed by atoms with Crippen molar-refractivity contribution >= 4 is 44.6 Å². The number of nitro groups is 1. The number of thiophene rings is 1. The van der Waals surface area contributed by atoms with Crippen molar-refractivity contribution in [2.45, 2.75) is 19.9 Å². The largest absolute Gasteiger partial charge is 0.350 e. The maximum atomic E-state index is 12.2. The maximum Gasteiger partial charge on any atom is 0.324 e. The van der Waals surface area contributed by atoms with Crippen LogP contribution in [0.25, 0.3) is 11.3 Å². The summed E-state index contributed by atoms with van der Waals surface area (Å²) in [6.07, 6.45) is 0. The Labute approximate surface area is 168 Å². The Hall–Kier alpha value is -3.11. The molecule has 28 heavy (non-hydrogen) atoms. The fourth-order valence-corrected chi connectivity index (χ4v) is 3.92. The Kier molecular flexibility index (Phi) is 5.81. The summed E-state index contributed by atoms with van der Waals surface area (Å²) in [5, 5.41) is 19.8. The third-order valence-electron chi connectivity index (χ3n) is 3.88. The molecule has 0 aliphatic heterocycles. The van der Waals surface area contributed by atoms with Gasteiger partial charge >= 0.3 is 5.00 Å². The average molecular weight is 416 g/mol. The quantitative estimate of drug-likeness (QED) is 0.461. The van der Waals surface area contributed by atoms with Gasteiger partial charge in [0.15, 0.2) is 5.13 Å². The minimum atomic E-state index is -0.528. The van der Waals surface area contributed by atoms with Crippen molar-refractivity contribution in [2.75, 3.05) is 5.32 Å². The molecule has 0 aliphatic carbocycles. The summed E-state index contributed by atoms with van der Waals surface area (Å²) in [5.74, 6) is -0.530. The number of carbonyl (C=O) groups excluding carboxylic acids is 2. The monoisotopic (exact) mass is 416 g/mol. The second-order valence-corrected chi connectivity index (χ2v) is 7.71. The van der Waals surface area contributed by atoms with Crippen LogP contribution in [0.2, 0.25) is 0 Å². The van der Waals surface area contributed by atoms with E-state index in [-0.39, 0.29) is 22.5 Å². The van der Waals surface area contributed by atoms with E-state index in [2.05, 4.69) is 15.6 Å². The number of thiazole rings is 1. The molecule has 2 aromatic heterocycles. The first-order chi connectivity index (χ1) is 13.3. The zero-order valence-electron chi connectivity index (χ0n) is 15.0. The van der Waals surface area contributed by atoms with Gasteiger partial charge in [0.1, 0.15) is 0 Å². The lowest BCUT2D eigenvalue weighted by Crippen LogP contribution is -2.23. The highest BCUT2D eigenvalue weighted by atomic mass is 32.1. The molecule has 0 saturated heterocycles. The predicted molar refractivity (Wildman–Crippen MR) is 109 cm³/mol. The van der Waals surface area contributed by atoms with Crippen LogP contribution >= 0.6 is 22.7 Å². The second kappa shape index (κ2) is 8.28. The molecular weight excluding hydrogens is 400 g/mol. The molecule has 2 heterocycles. The van der Waals surface area contributed by atoms with E-state index in [0.29, 0.717) is 10.8 Å². The Balaban J connectivity index is 1.68. The number of nitrogens with one attached hydrogen (secondary N) is 2. The van der Waals surface area contributed by atoms with Crippen molar-refractivity contribution in [1.29, 1.82) is 0 Å². The summed E-state index contributed by atoms with van der Waals surface area (Å²) >= 11 is 2.17. The minimum Gasteiger partial charge on any atom is -0.350 e. The third kappa shape index (κ3) is 4.59. The van der Waals surface area contributed by atoms with Gasteiger partial charge in [-0.2, -0.15) is 0 Å². The standard InChI is InChI=1S/C18H16N4O4S2/c1-10(19-11(2)23)12-3-5-13(6-4-12)15-9-28-18(20-15)21-17(24)14-7-16(22(25)26)27-8-14/h3-10H,1-2H3,(H,19,23)(H,20,21,24)/t10-/m0/s1. The number of carbonyl (C=O) groups is 2. The zero-order valence-corrected chi connectivity index (χ0v) is 16.6. The lowest BCUT2D eigenvalue weighted by molar-refractivity contribution is -0.380. The molecule has 1 aromatic carbocycles. The highest BCUT2D eigenvalue weighted by Gasteiger charge is 2.16. The summed E-state index contributed by atoms with van der Waals surface area (Å²) in [6.45, 7) is 3.38. The van der Waals surface area contributed by atoms with Gasteiger partial charge in [-0.25, -0.2) is 4.98 Å². The Morgan fingerprint density at radius 3 is 2.50 bits per heavy atom. The van der Waals surface area contributed by atoms with Gasteiger partial charge < -0.3 is 5.32 Å². The fraction of sp³-hybridized carbons (Fsp3) is 0.167. The Morgan fingerprint density at radius 2 is 1.89 bits per heavy atom. The molecule has 0 saturated carbocycles. The van der Waals surface area contributed by atoms with Crippen molar-refractivity contribution in [2.24, 2.45) is 0 Å². The van der Waals surface area contributed by atoms with E-state index >= 15 is 0 Å². The SMILES string of the molecule is CC(=O)N[C@@H](C)c1ccc(-c2csc(NC(=O)c3csc([N+](=O)[O-])c3)n2)cc1. The molecule has 1 atom stereocenters. The number of aromatic nitrogens is 1. The summed E-state index contributed by atoms with van der Waals surface area (Å²) in [6, 6.07) is 8.78. The van der Waals surface area contributed by atoms with Crippen LogP contribution in [-0.2, 0) is 4.79 Å². The van der Waals surface area contributed by atoms with Crippen molar-refractivity contribution in [3.05, 3.63) is 62.3 Å². The van der Waals surface area contributed by atoms with Gasteiger partial charge in [0.05, 0.1) is 22.2 Å². The third-order valence-corrected chi connectivity index (χ3v) is 5.52. The average Bonchev–Trinajstić information content (AvgIpc) is 3.31. The van der Waals surface area contributed by atoms with E-state index in [4.69, 9.17) is 0 Å². The zero-order chi connectivity index (χ0) is 20.3. The van der Waals surface area contributed by atoms with Gasteiger partial charge in [-0.05, 0) is 12.5 Å².